The first-order valence-corrected chi connectivity index (χ1v) is 9.94. The molecule has 1 heteroatoms. The fraction of sp³-hybridized carbons (Fsp3) is 0.304. The third-order valence-electron chi connectivity index (χ3n) is 3.71. The first kappa shape index (κ1) is 18.5. The van der Waals surface area contributed by atoms with Crippen molar-refractivity contribution < 1.29 is 0 Å². The van der Waals surface area contributed by atoms with Gasteiger partial charge >= 0.3 is 0 Å². The largest absolute Gasteiger partial charge is 0.135 e. The Morgan fingerprint density at radius 2 is 1.50 bits per heavy atom. The van der Waals surface area contributed by atoms with E-state index in [0.29, 0.717) is 0 Å². The molecule has 1 aliphatic rings. The Hall–Kier alpha value is -1.86. The van der Waals surface area contributed by atoms with Crippen LogP contribution < -0.4 is 9.75 Å². The fourth-order valence-electron chi connectivity index (χ4n) is 2.81. The van der Waals surface area contributed by atoms with Crippen molar-refractivity contribution in [3.05, 3.63) is 58.3 Å². The Balaban J connectivity index is 0.000000378. The molecule has 0 saturated carbocycles. The average Bonchev–Trinajstić information content (AvgIpc) is 3.03. The van der Waals surface area contributed by atoms with E-state index >= 15 is 0 Å². The highest BCUT2D eigenvalue weighted by molar-refractivity contribution is 7.17. The van der Waals surface area contributed by atoms with Crippen molar-refractivity contribution in [3.8, 4) is 11.1 Å². The summed E-state index contributed by atoms with van der Waals surface area (Å²) in [6, 6.07) is 17.4. The summed E-state index contributed by atoms with van der Waals surface area (Å²) < 4.78 is 2.87. The minimum absolute atomic E-state index is 1.17. The number of hydrogen-bond donors (Lipinski definition) is 0. The van der Waals surface area contributed by atoms with E-state index in [1.165, 1.54) is 50.2 Å². The summed E-state index contributed by atoms with van der Waals surface area (Å²) >= 11 is 1.93. The highest BCUT2D eigenvalue weighted by Gasteiger charge is 2.08. The van der Waals surface area contributed by atoms with Gasteiger partial charge < -0.3 is 0 Å². The molecule has 2 aromatic carbocycles. The monoisotopic (exact) mass is 336 g/mol. The lowest BCUT2D eigenvalue weighted by Gasteiger charge is -2.02. The molecule has 1 heterocycles. The predicted molar refractivity (Wildman–Crippen MR) is 112 cm³/mol. The second-order valence-electron chi connectivity index (χ2n) is 5.62. The Labute approximate surface area is 150 Å². The normalized spacial score (nSPS) is 11.8. The zero-order valence-electron chi connectivity index (χ0n) is 15.3. The zero-order chi connectivity index (χ0) is 17.4. The number of hydrogen-bond acceptors (Lipinski definition) is 1. The van der Waals surface area contributed by atoms with Gasteiger partial charge in [0.1, 0.15) is 0 Å². The van der Waals surface area contributed by atoms with Crippen LogP contribution >= 0.6 is 11.3 Å². The molecule has 0 aliphatic heterocycles. The number of fused-ring (bicyclic) bond motifs is 3. The second-order valence-corrected chi connectivity index (χ2v) is 6.67. The Bertz CT molecular complexity index is 870. The summed E-state index contributed by atoms with van der Waals surface area (Å²) in [6.07, 6.45) is 8.38. The Morgan fingerprint density at radius 3 is 2.21 bits per heavy atom. The molecule has 0 radical (unpaired) electrons. The predicted octanol–water partition coefficient (Wildman–Crippen LogP) is 6.37. The highest BCUT2D eigenvalue weighted by Crippen LogP contribution is 2.29. The van der Waals surface area contributed by atoms with Gasteiger partial charge in [0.05, 0.1) is 0 Å². The molecule has 0 fully saturated rings. The molecule has 24 heavy (non-hydrogen) atoms. The van der Waals surface area contributed by atoms with Crippen LogP contribution in [-0.4, -0.2) is 0 Å². The van der Waals surface area contributed by atoms with Crippen molar-refractivity contribution in [2.24, 2.45) is 0 Å². The molecule has 3 aromatic rings. The lowest BCUT2D eigenvalue weighted by molar-refractivity contribution is 1.09. The van der Waals surface area contributed by atoms with Crippen LogP contribution in [0.2, 0.25) is 0 Å². The van der Waals surface area contributed by atoms with Gasteiger partial charge in [-0.15, -0.1) is 11.3 Å². The van der Waals surface area contributed by atoms with Gasteiger partial charge in [0, 0.05) is 14.6 Å². The van der Waals surface area contributed by atoms with E-state index < -0.39 is 0 Å². The van der Waals surface area contributed by atoms with Gasteiger partial charge in [0.2, 0.25) is 0 Å². The molecule has 4 rings (SSSR count). The fourth-order valence-corrected chi connectivity index (χ4v) is 4.11. The molecule has 0 amide bonds. The summed E-state index contributed by atoms with van der Waals surface area (Å²) in [7, 11) is 0. The van der Waals surface area contributed by atoms with E-state index in [1.54, 1.807) is 0 Å². The van der Waals surface area contributed by atoms with E-state index in [4.69, 9.17) is 0 Å². The Morgan fingerprint density at radius 1 is 0.833 bits per heavy atom. The maximum absolute atomic E-state index is 2.39. The quantitative estimate of drug-likeness (QED) is 0.484. The number of thiophene rings is 1. The summed E-state index contributed by atoms with van der Waals surface area (Å²) in [4.78, 5) is 0. The number of benzene rings is 2. The van der Waals surface area contributed by atoms with Crippen molar-refractivity contribution in [2.45, 2.75) is 47.0 Å². The van der Waals surface area contributed by atoms with Crippen molar-refractivity contribution in [1.29, 1.82) is 0 Å². The molecule has 1 aromatic heterocycles. The van der Waals surface area contributed by atoms with Crippen LogP contribution in [0.25, 0.3) is 33.4 Å². The van der Waals surface area contributed by atoms with Crippen LogP contribution in [0.3, 0.4) is 0 Å². The van der Waals surface area contributed by atoms with Crippen LogP contribution in [0.4, 0.5) is 0 Å². The molecule has 0 atom stereocenters. The van der Waals surface area contributed by atoms with Gasteiger partial charge in [0.15, 0.2) is 0 Å². The van der Waals surface area contributed by atoms with E-state index in [1.807, 2.05) is 25.2 Å². The van der Waals surface area contributed by atoms with Crippen LogP contribution in [0.5, 0.6) is 0 Å². The summed E-state index contributed by atoms with van der Waals surface area (Å²) in [5.41, 5.74) is 2.67. The standard InChI is InChI=1S/C18H14S.C3H8.C2H6/c1-2-7-13(8-3-1)14-10-6-11-16-15-9-4-5-12-17(15)19-18(14)16;1-3-2;1-2/h1-3,6-12H,4-5H2;3H2,1-2H3;1-2H3. The molecule has 126 valence electrons. The molecular weight excluding hydrogens is 308 g/mol. The van der Waals surface area contributed by atoms with E-state index in [0.717, 1.165) is 0 Å². The minimum atomic E-state index is 1.17. The topological polar surface area (TPSA) is 0 Å². The van der Waals surface area contributed by atoms with Gasteiger partial charge in [-0.1, -0.05) is 94.8 Å². The minimum Gasteiger partial charge on any atom is -0.135 e. The number of rotatable bonds is 1. The zero-order valence-corrected chi connectivity index (χ0v) is 16.1. The maximum atomic E-state index is 2.39. The van der Waals surface area contributed by atoms with E-state index in [9.17, 15) is 0 Å². The third-order valence-corrected chi connectivity index (χ3v) is 4.96. The molecule has 0 N–H and O–H groups in total. The summed E-state index contributed by atoms with van der Waals surface area (Å²) in [6.45, 7) is 8.25. The lowest BCUT2D eigenvalue weighted by atomic mass is 10.0. The van der Waals surface area contributed by atoms with Crippen LogP contribution in [0.15, 0.2) is 48.5 Å². The van der Waals surface area contributed by atoms with Gasteiger partial charge in [-0.3, -0.25) is 0 Å². The van der Waals surface area contributed by atoms with Gasteiger partial charge in [-0.2, -0.15) is 0 Å². The summed E-state index contributed by atoms with van der Waals surface area (Å²) in [5.74, 6) is 0. The first-order chi connectivity index (χ1) is 11.8. The molecule has 0 saturated heterocycles. The van der Waals surface area contributed by atoms with E-state index in [2.05, 4.69) is 74.5 Å². The van der Waals surface area contributed by atoms with Crippen molar-refractivity contribution in [2.75, 3.05) is 0 Å². The molecule has 0 spiro atoms. The van der Waals surface area contributed by atoms with Crippen molar-refractivity contribution in [3.63, 3.8) is 0 Å². The lowest BCUT2D eigenvalue weighted by Crippen LogP contribution is -2.20. The molecular formula is C23H28S. The SMILES string of the molecule is C1=c2sc3c(-c4ccccc4)cccc3c2=CCC1.CC.CCC. The van der Waals surface area contributed by atoms with Crippen molar-refractivity contribution >= 4 is 33.6 Å². The van der Waals surface area contributed by atoms with Crippen molar-refractivity contribution in [1.82, 2.24) is 0 Å². The molecule has 0 nitrogen and oxygen atoms in total. The third kappa shape index (κ3) is 3.96. The van der Waals surface area contributed by atoms with Gasteiger partial charge in [0.25, 0.3) is 0 Å². The van der Waals surface area contributed by atoms with Gasteiger partial charge in [-0.05, 0) is 29.2 Å². The van der Waals surface area contributed by atoms with Crippen LogP contribution in [0.1, 0.15) is 47.0 Å². The molecule has 0 bridgehead atoms. The maximum Gasteiger partial charge on any atom is 0.0433 e. The molecule has 1 aliphatic carbocycles. The first-order valence-electron chi connectivity index (χ1n) is 9.12. The summed E-state index contributed by atoms with van der Waals surface area (Å²) in [5, 5.41) is 2.86. The average molecular weight is 337 g/mol. The Kier molecular flexibility index (Phi) is 7.27. The molecule has 0 unspecified atom stereocenters. The second kappa shape index (κ2) is 9.44. The smallest absolute Gasteiger partial charge is 0.0433 e. The van der Waals surface area contributed by atoms with Crippen LogP contribution in [-0.2, 0) is 0 Å². The van der Waals surface area contributed by atoms with E-state index in [-0.39, 0.29) is 0 Å². The highest BCUT2D eigenvalue weighted by atomic mass is 32.1. The van der Waals surface area contributed by atoms with Gasteiger partial charge in [-0.25, -0.2) is 0 Å². The van der Waals surface area contributed by atoms with Crippen LogP contribution in [0, 0.1) is 0 Å².